The zero-order valence-corrected chi connectivity index (χ0v) is 16.2. The van der Waals surface area contributed by atoms with Crippen molar-refractivity contribution in [2.24, 2.45) is 0 Å². The molecule has 3 rings (SSSR count). The van der Waals surface area contributed by atoms with Crippen molar-refractivity contribution in [3.8, 4) is 11.5 Å². The quantitative estimate of drug-likeness (QED) is 0.488. The van der Waals surface area contributed by atoms with E-state index in [-0.39, 0.29) is 30.8 Å². The van der Waals surface area contributed by atoms with Crippen molar-refractivity contribution < 1.29 is 28.5 Å². The van der Waals surface area contributed by atoms with E-state index in [0.29, 0.717) is 18.9 Å². The van der Waals surface area contributed by atoms with Crippen molar-refractivity contribution in [1.82, 2.24) is 5.32 Å². The Balaban J connectivity index is 1.42. The summed E-state index contributed by atoms with van der Waals surface area (Å²) >= 11 is 0. The van der Waals surface area contributed by atoms with Crippen LogP contribution in [0.1, 0.15) is 23.2 Å². The number of hydrogen-bond acceptors (Lipinski definition) is 6. The van der Waals surface area contributed by atoms with Crippen LogP contribution in [0.5, 0.6) is 11.5 Å². The Kier molecular flexibility index (Phi) is 7.89. The van der Waals surface area contributed by atoms with E-state index in [1.807, 2.05) is 30.3 Å². The minimum absolute atomic E-state index is 0.0434. The molecule has 1 N–H and O–H groups in total. The Bertz CT molecular complexity index is 789. The van der Waals surface area contributed by atoms with E-state index < -0.39 is 5.97 Å². The van der Waals surface area contributed by atoms with Crippen LogP contribution in [0.15, 0.2) is 54.6 Å². The number of benzene rings is 2. The minimum Gasteiger partial charge on any atom is -0.490 e. The lowest BCUT2D eigenvalue weighted by molar-refractivity contribution is -0.124. The van der Waals surface area contributed by atoms with Gasteiger partial charge in [-0.25, -0.2) is 4.79 Å². The van der Waals surface area contributed by atoms with Crippen molar-refractivity contribution in [2.75, 3.05) is 33.0 Å². The number of carbonyl (C=O) groups excluding carboxylic acids is 2. The first-order chi connectivity index (χ1) is 14.2. The molecule has 2 aromatic carbocycles. The highest BCUT2D eigenvalue weighted by atomic mass is 16.5. The van der Waals surface area contributed by atoms with Crippen LogP contribution >= 0.6 is 0 Å². The van der Waals surface area contributed by atoms with Gasteiger partial charge in [0.25, 0.3) is 5.91 Å². The molecule has 2 aromatic rings. The molecular formula is C22H25NO6. The zero-order valence-electron chi connectivity index (χ0n) is 16.2. The van der Waals surface area contributed by atoms with Gasteiger partial charge < -0.3 is 24.3 Å². The van der Waals surface area contributed by atoms with Gasteiger partial charge >= 0.3 is 5.97 Å². The molecule has 29 heavy (non-hydrogen) atoms. The van der Waals surface area contributed by atoms with Crippen LogP contribution in [0.2, 0.25) is 0 Å². The summed E-state index contributed by atoms with van der Waals surface area (Å²) < 4.78 is 21.8. The largest absolute Gasteiger partial charge is 0.490 e. The lowest BCUT2D eigenvalue weighted by Crippen LogP contribution is -2.34. The number of amides is 1. The number of carbonyl (C=O) groups is 2. The molecule has 0 radical (unpaired) electrons. The molecule has 1 heterocycles. The highest BCUT2D eigenvalue weighted by Gasteiger charge is 2.18. The number of rotatable bonds is 10. The van der Waals surface area contributed by atoms with Crippen LogP contribution in [0.4, 0.5) is 0 Å². The van der Waals surface area contributed by atoms with Crippen LogP contribution < -0.4 is 14.8 Å². The maximum atomic E-state index is 12.3. The summed E-state index contributed by atoms with van der Waals surface area (Å²) in [4.78, 5) is 24.2. The highest BCUT2D eigenvalue weighted by molar-refractivity contribution is 5.93. The van der Waals surface area contributed by atoms with Gasteiger partial charge in [-0.2, -0.15) is 0 Å². The Morgan fingerprint density at radius 2 is 1.76 bits per heavy atom. The molecule has 1 amide bonds. The third kappa shape index (κ3) is 6.80. The van der Waals surface area contributed by atoms with Crippen LogP contribution in [0, 0.1) is 0 Å². The molecule has 0 unspecified atom stereocenters. The molecule has 1 aliphatic rings. The van der Waals surface area contributed by atoms with Crippen LogP contribution in [0.3, 0.4) is 0 Å². The molecule has 0 spiro atoms. The summed E-state index contributed by atoms with van der Waals surface area (Å²) in [6, 6.07) is 16.1. The molecule has 1 fully saturated rings. The summed E-state index contributed by atoms with van der Waals surface area (Å²) in [5.41, 5.74) is 0.263. The first kappa shape index (κ1) is 20.7. The van der Waals surface area contributed by atoms with Gasteiger partial charge in [0, 0.05) is 13.2 Å². The average molecular weight is 399 g/mol. The third-order valence-corrected chi connectivity index (χ3v) is 4.35. The average Bonchev–Trinajstić information content (AvgIpc) is 3.28. The van der Waals surface area contributed by atoms with Crippen molar-refractivity contribution in [2.45, 2.75) is 18.9 Å². The smallest absolute Gasteiger partial charge is 0.342 e. The predicted molar refractivity (Wildman–Crippen MR) is 106 cm³/mol. The number of para-hydroxylation sites is 2. The van der Waals surface area contributed by atoms with Crippen molar-refractivity contribution in [3.05, 3.63) is 60.2 Å². The molecule has 0 saturated carbocycles. The summed E-state index contributed by atoms with van der Waals surface area (Å²) in [7, 11) is 0. The first-order valence-electron chi connectivity index (χ1n) is 9.67. The topological polar surface area (TPSA) is 83.1 Å². The molecule has 1 atom stereocenters. The highest BCUT2D eigenvalue weighted by Crippen LogP contribution is 2.19. The van der Waals surface area contributed by atoms with E-state index in [2.05, 4.69) is 5.32 Å². The van der Waals surface area contributed by atoms with Crippen molar-refractivity contribution in [1.29, 1.82) is 0 Å². The fourth-order valence-corrected chi connectivity index (χ4v) is 2.88. The van der Waals surface area contributed by atoms with Gasteiger partial charge in [0.15, 0.2) is 6.61 Å². The van der Waals surface area contributed by atoms with E-state index >= 15 is 0 Å². The SMILES string of the molecule is O=C(COC(=O)c1ccccc1OCCOc1ccccc1)NC[C@H]1CCCO1. The van der Waals surface area contributed by atoms with E-state index in [0.717, 1.165) is 25.2 Å². The lowest BCUT2D eigenvalue weighted by Gasteiger charge is -2.13. The Morgan fingerprint density at radius 1 is 1.00 bits per heavy atom. The fourth-order valence-electron chi connectivity index (χ4n) is 2.88. The van der Waals surface area contributed by atoms with Gasteiger partial charge in [0.1, 0.15) is 30.3 Å². The van der Waals surface area contributed by atoms with Crippen LogP contribution in [-0.2, 0) is 14.3 Å². The second-order valence-electron chi connectivity index (χ2n) is 6.52. The van der Waals surface area contributed by atoms with Crippen molar-refractivity contribution in [3.63, 3.8) is 0 Å². The molecule has 7 heteroatoms. The summed E-state index contributed by atoms with van der Waals surface area (Å²) in [5.74, 6) is 0.159. The number of esters is 1. The number of nitrogens with one attached hydrogen (secondary N) is 1. The zero-order chi connectivity index (χ0) is 20.3. The Hall–Kier alpha value is -3.06. The molecule has 1 aliphatic heterocycles. The number of hydrogen-bond donors (Lipinski definition) is 1. The number of ether oxygens (including phenoxy) is 4. The maximum Gasteiger partial charge on any atom is 0.342 e. The molecular weight excluding hydrogens is 374 g/mol. The van der Waals surface area contributed by atoms with Gasteiger partial charge in [-0.1, -0.05) is 30.3 Å². The molecule has 0 aromatic heterocycles. The summed E-state index contributed by atoms with van der Waals surface area (Å²) in [6.45, 7) is 1.40. The predicted octanol–water partition coefficient (Wildman–Crippen LogP) is 2.60. The molecule has 154 valence electrons. The molecule has 0 bridgehead atoms. The fraction of sp³-hybridized carbons (Fsp3) is 0.364. The van der Waals surface area contributed by atoms with E-state index in [9.17, 15) is 9.59 Å². The summed E-state index contributed by atoms with van der Waals surface area (Å²) in [6.07, 6.45) is 1.98. The van der Waals surface area contributed by atoms with Gasteiger partial charge in [-0.3, -0.25) is 4.79 Å². The van der Waals surface area contributed by atoms with Gasteiger partial charge in [-0.15, -0.1) is 0 Å². The van der Waals surface area contributed by atoms with E-state index in [1.54, 1.807) is 24.3 Å². The third-order valence-electron chi connectivity index (χ3n) is 4.35. The Morgan fingerprint density at radius 3 is 2.55 bits per heavy atom. The first-order valence-corrected chi connectivity index (χ1v) is 9.67. The Labute approximate surface area is 169 Å². The second kappa shape index (κ2) is 11.1. The molecule has 0 aliphatic carbocycles. The normalized spacial score (nSPS) is 15.5. The van der Waals surface area contributed by atoms with Gasteiger partial charge in [-0.05, 0) is 37.1 Å². The molecule has 7 nitrogen and oxygen atoms in total. The van der Waals surface area contributed by atoms with Crippen molar-refractivity contribution >= 4 is 11.9 Å². The van der Waals surface area contributed by atoms with Gasteiger partial charge in [0.05, 0.1) is 6.10 Å². The van der Waals surface area contributed by atoms with E-state index in [1.165, 1.54) is 0 Å². The monoisotopic (exact) mass is 399 g/mol. The minimum atomic E-state index is -0.614. The van der Waals surface area contributed by atoms with Crippen LogP contribution in [-0.4, -0.2) is 51.0 Å². The molecule has 1 saturated heterocycles. The van der Waals surface area contributed by atoms with E-state index in [4.69, 9.17) is 18.9 Å². The maximum absolute atomic E-state index is 12.3. The van der Waals surface area contributed by atoms with Crippen LogP contribution in [0.25, 0.3) is 0 Å². The lowest BCUT2D eigenvalue weighted by atomic mass is 10.2. The van der Waals surface area contributed by atoms with Gasteiger partial charge in [0.2, 0.25) is 0 Å². The summed E-state index contributed by atoms with van der Waals surface area (Å²) in [5, 5.41) is 2.71. The second-order valence-corrected chi connectivity index (χ2v) is 6.52. The standard InChI is InChI=1S/C22H25NO6/c24-21(23-15-18-9-6-12-26-18)16-29-22(25)19-10-4-5-11-20(19)28-14-13-27-17-7-2-1-3-8-17/h1-5,7-8,10-11,18H,6,9,12-16H2,(H,23,24)/t18-/m1/s1.